The van der Waals surface area contributed by atoms with E-state index in [1.54, 1.807) is 0 Å². The second-order valence-electron chi connectivity index (χ2n) is 24.6. The van der Waals surface area contributed by atoms with Gasteiger partial charge in [0.05, 0.1) is 22.7 Å². The molecule has 6 unspecified atom stereocenters. The molecule has 0 radical (unpaired) electrons. The molecule has 3 fully saturated rings. The molecule has 3 saturated heterocycles. The lowest BCUT2D eigenvalue weighted by Crippen LogP contribution is -2.12. The maximum Gasteiger partial charge on any atom is 0.265 e. The number of hydrogen-bond donors (Lipinski definition) is 12. The predicted octanol–water partition coefficient (Wildman–Crippen LogP) is 21.2. The minimum atomic E-state index is -2.57. The van der Waals surface area contributed by atoms with Crippen LogP contribution in [0.5, 0.6) is 0 Å². The second kappa shape index (κ2) is 20.5. The Labute approximate surface area is 523 Å². The molecule has 9 aromatic carbocycles. The summed E-state index contributed by atoms with van der Waals surface area (Å²) in [5.41, 5.74) is 14.1. The van der Waals surface area contributed by atoms with Crippen LogP contribution in [0.2, 0.25) is 0 Å². The van der Waals surface area contributed by atoms with E-state index in [9.17, 15) is 0 Å². The standard InChI is InChI=1S/C32H26N7P3.C20H20N7P3.C8H20N7P3/c1-3-9-23-15-29-27(13-21(23)7-1)19-40(33-29)37-41(20-28-14-22-8-2-4-10-24(22)16-30(28)34-41)39-42(38-40)35-31-17-25-11-5-6-12-26(25)18-32(31)36-42;1-3-9-17-15(7-1)13-28(21-17)25-29(14-16-8-2-4-10-18(16)22-29)27-30(26-28)23-19-11-5-6-12-20(19)24-30;1-3-9-16(7-1)13-17(8-2-4-10-17)15-18(14-16)11-5-6-12-18/h1-18,33-36H,19-20H2;1-12,21-24H,13-14H2;9-12H,1-8H2. The molecule has 21 rings (SSSR count). The van der Waals surface area contributed by atoms with Gasteiger partial charge in [-0.2, -0.15) is 27.1 Å². The van der Waals surface area contributed by atoms with Gasteiger partial charge in [-0.25, -0.2) is 13.5 Å². The summed E-state index contributed by atoms with van der Waals surface area (Å²) in [6.07, 6.45) is 7.98. The minimum absolute atomic E-state index is 0.799. The van der Waals surface area contributed by atoms with Crippen molar-refractivity contribution in [1.82, 2.24) is 20.3 Å². The Morgan fingerprint density at radius 1 is 0.233 bits per heavy atom. The molecule has 30 heteroatoms. The number of nitrogens with one attached hydrogen (secondary N) is 12. The van der Waals surface area contributed by atoms with Crippen LogP contribution in [0.4, 0.5) is 45.5 Å². The number of hydrogen-bond acceptors (Lipinski definition) is 21. The molecule has 0 aliphatic carbocycles. The second-order valence-corrected chi connectivity index (χ2v) is 48.6. The zero-order valence-electron chi connectivity index (χ0n) is 48.9. The van der Waals surface area contributed by atoms with Crippen LogP contribution in [0.3, 0.4) is 0 Å². The number of rotatable bonds is 0. The van der Waals surface area contributed by atoms with Gasteiger partial charge < -0.3 is 40.7 Å². The first-order valence-electron chi connectivity index (χ1n) is 30.7. The maximum atomic E-state index is 5.71. The van der Waals surface area contributed by atoms with Crippen molar-refractivity contribution >= 4 is 144 Å². The quantitative estimate of drug-likeness (QED) is 0.0633. The summed E-state index contributed by atoms with van der Waals surface area (Å²) in [5.74, 6) is 0. The van der Waals surface area contributed by atoms with Gasteiger partial charge in [0, 0.05) is 85.9 Å². The Bertz CT molecular complexity index is 4430. The topological polar surface area (TPSA) is 256 Å². The van der Waals surface area contributed by atoms with Crippen molar-refractivity contribution in [2.24, 2.45) is 40.6 Å². The molecule has 21 nitrogen and oxygen atoms in total. The number of para-hydroxylation sites is 4. The largest absolute Gasteiger partial charge is 0.334 e. The fourth-order valence-corrected chi connectivity index (χ4v) is 54.4. The molecule has 9 aromatic rings. The summed E-state index contributed by atoms with van der Waals surface area (Å²) in [6.45, 7) is 4.11. The highest BCUT2D eigenvalue weighted by atomic mass is 31.3. The summed E-state index contributed by atoms with van der Waals surface area (Å²) in [5, 5.41) is 52.2. The van der Waals surface area contributed by atoms with E-state index < -0.39 is 66.7 Å². The fourth-order valence-electron chi connectivity index (χ4n) is 14.3. The van der Waals surface area contributed by atoms with Gasteiger partial charge in [-0.15, -0.1) is 0 Å². The Morgan fingerprint density at radius 3 is 0.989 bits per heavy atom. The monoisotopic (exact) mass is 1360 g/mol. The van der Waals surface area contributed by atoms with Gasteiger partial charge in [0.15, 0.2) is 29.4 Å². The maximum absolute atomic E-state index is 5.71. The lowest BCUT2D eigenvalue weighted by molar-refractivity contribution is 0.936. The van der Waals surface area contributed by atoms with Crippen molar-refractivity contribution in [1.29, 1.82) is 0 Å². The molecule has 0 saturated carbocycles. The summed E-state index contributed by atoms with van der Waals surface area (Å²) < 4.78 is 48.6. The van der Waals surface area contributed by atoms with Crippen molar-refractivity contribution in [3.05, 3.63) is 204 Å². The van der Waals surface area contributed by atoms with Crippen LogP contribution in [-0.2, 0) is 24.6 Å². The fraction of sp³-hybridized carbons (Fsp3) is 0.200. The Hall–Kier alpha value is -5.93. The van der Waals surface area contributed by atoms with Gasteiger partial charge in [0.2, 0.25) is 7.51 Å². The molecule has 12 heterocycles. The number of nitrogens with zero attached hydrogens (tertiary/aromatic N) is 9. The number of anilines is 8. The van der Waals surface area contributed by atoms with E-state index in [1.807, 2.05) is 12.1 Å². The average Bonchev–Trinajstić information content (AvgIpc) is 1.56. The van der Waals surface area contributed by atoms with E-state index in [2.05, 4.69) is 231 Å². The third-order valence-corrected chi connectivity index (χ3v) is 50.8. The van der Waals surface area contributed by atoms with E-state index in [-0.39, 0.29) is 0 Å². The van der Waals surface area contributed by atoms with E-state index in [4.69, 9.17) is 40.6 Å². The molecular weight excluding hydrogens is 1290 g/mol. The first kappa shape index (κ1) is 55.7. The van der Waals surface area contributed by atoms with Crippen LogP contribution in [0.25, 0.3) is 32.3 Å². The minimum Gasteiger partial charge on any atom is -0.334 e. The van der Waals surface area contributed by atoms with Crippen LogP contribution in [-0.4, -0.2) is 38.5 Å². The van der Waals surface area contributed by atoms with Gasteiger partial charge >= 0.3 is 0 Å². The highest BCUT2D eigenvalue weighted by Crippen LogP contribution is 2.85. The van der Waals surface area contributed by atoms with Crippen molar-refractivity contribution in [3.63, 3.8) is 0 Å². The zero-order chi connectivity index (χ0) is 59.4. The van der Waals surface area contributed by atoms with Gasteiger partial charge in [0.25, 0.3) is 15.0 Å². The number of fused-ring (bicyclic) bond motifs is 9. The van der Waals surface area contributed by atoms with Gasteiger partial charge in [-0.05, 0) is 128 Å². The molecule has 0 amide bonds. The van der Waals surface area contributed by atoms with E-state index in [0.717, 1.165) is 109 Å². The Balaban J connectivity index is 0.000000106. The smallest absolute Gasteiger partial charge is 0.265 e. The summed E-state index contributed by atoms with van der Waals surface area (Å²) in [4.78, 5) is 0. The van der Waals surface area contributed by atoms with Crippen molar-refractivity contribution in [2.75, 3.05) is 79.2 Å². The normalized spacial score (nSPS) is 29.6. The lowest BCUT2D eigenvalue weighted by Gasteiger charge is -2.31. The zero-order valence-corrected chi connectivity index (χ0v) is 56.9. The third kappa shape index (κ3) is 9.60. The molecule has 6 atom stereocenters. The molecular formula is C60H66N21P9. The molecule has 12 aliphatic heterocycles. The van der Waals surface area contributed by atoms with Crippen LogP contribution in [0.15, 0.2) is 223 Å². The van der Waals surface area contributed by atoms with Crippen LogP contribution >= 0.6 is 66.7 Å². The average molecular weight is 1360 g/mol. The first-order valence-corrected chi connectivity index (χ1v) is 47.0. The molecule has 90 heavy (non-hydrogen) atoms. The van der Waals surface area contributed by atoms with Crippen molar-refractivity contribution < 1.29 is 0 Å². The molecule has 0 bridgehead atoms. The summed E-state index contributed by atoms with van der Waals surface area (Å²) in [6, 6.07) is 64.5. The van der Waals surface area contributed by atoms with Gasteiger partial charge in [0.1, 0.15) is 14.7 Å². The Morgan fingerprint density at radius 2 is 0.556 bits per heavy atom. The number of benzene rings is 9. The molecule has 12 aliphatic rings. The highest BCUT2D eigenvalue weighted by molar-refractivity contribution is 7.90. The highest BCUT2D eigenvalue weighted by Gasteiger charge is 2.48. The van der Waals surface area contributed by atoms with Crippen molar-refractivity contribution in [3.8, 4) is 0 Å². The Kier molecular flexibility index (Phi) is 12.7. The molecule has 9 spiro atoms. The SMILES string of the molecule is C1CNP2(=NP3(=NP4(=N2)NCCN4)CCCN3)C1.c1ccc2c(c1)CP1(=NP3(=NP4(=N1)Nc1ccccc1N4)Cc1ccccc1N3)N2.c1ccc2cc3c(cc2c1)CP1(=NP2(=NP4(=N1)Nc1cc5ccccc5cc1N4)Cc1cc4ccccc4cc1N2)N3. The van der Waals surface area contributed by atoms with E-state index in [1.165, 1.54) is 67.4 Å². The van der Waals surface area contributed by atoms with Crippen LogP contribution in [0.1, 0.15) is 35.1 Å². The predicted molar refractivity (Wildman–Crippen MR) is 390 cm³/mol. The first-order chi connectivity index (χ1) is 43.9. The molecule has 0 aromatic heterocycles. The van der Waals surface area contributed by atoms with Crippen LogP contribution in [0, 0.1) is 0 Å². The van der Waals surface area contributed by atoms with Gasteiger partial charge in [-0.3, -0.25) is 20.3 Å². The summed E-state index contributed by atoms with van der Waals surface area (Å²) >= 11 is 0. The van der Waals surface area contributed by atoms with Crippen LogP contribution < -0.4 is 61.0 Å². The molecule has 456 valence electrons. The van der Waals surface area contributed by atoms with Gasteiger partial charge in [-0.1, -0.05) is 121 Å². The summed E-state index contributed by atoms with van der Waals surface area (Å²) in [7, 11) is -19.3. The third-order valence-electron chi connectivity index (χ3n) is 18.0. The molecule has 12 N–H and O–H groups in total. The van der Waals surface area contributed by atoms with Crippen molar-refractivity contribution in [2.45, 2.75) is 37.5 Å². The van der Waals surface area contributed by atoms with E-state index in [0.29, 0.717) is 0 Å². The van der Waals surface area contributed by atoms with E-state index >= 15 is 0 Å². The lowest BCUT2D eigenvalue weighted by atomic mass is 10.1.